The number of hydrogen-bond acceptors (Lipinski definition) is 2. The van der Waals surface area contributed by atoms with Crippen LogP contribution in [0.15, 0.2) is 54.7 Å². The molecule has 1 amide bonds. The molecule has 0 aliphatic rings. The summed E-state index contributed by atoms with van der Waals surface area (Å²) in [6, 6.07) is 11.6. The van der Waals surface area contributed by atoms with Crippen molar-refractivity contribution in [3.05, 3.63) is 60.3 Å². The first kappa shape index (κ1) is 15.9. The molecule has 0 aliphatic carbocycles. The van der Waals surface area contributed by atoms with Crippen molar-refractivity contribution in [1.29, 1.82) is 0 Å². The molecule has 1 aromatic heterocycles. The highest BCUT2D eigenvalue weighted by molar-refractivity contribution is 5.92. The number of halogens is 3. The number of rotatable bonds is 4. The molecule has 4 nitrogen and oxygen atoms in total. The fourth-order valence-electron chi connectivity index (χ4n) is 2.30. The summed E-state index contributed by atoms with van der Waals surface area (Å²) in [5, 5.41) is 3.22. The number of H-pyrrole nitrogens is 1. The van der Waals surface area contributed by atoms with E-state index in [1.54, 1.807) is 18.3 Å². The molecule has 0 saturated carbocycles. The molecule has 3 rings (SSSR count). The Morgan fingerprint density at radius 3 is 2.71 bits per heavy atom. The minimum absolute atomic E-state index is 0.0679. The number of nitrogens with one attached hydrogen (secondary N) is 2. The summed E-state index contributed by atoms with van der Waals surface area (Å²) in [6.45, 7) is -0.305. The number of aromatic amines is 1. The Labute approximate surface area is 135 Å². The van der Waals surface area contributed by atoms with E-state index in [4.69, 9.17) is 4.74 Å². The molecule has 2 aromatic carbocycles. The van der Waals surface area contributed by atoms with Gasteiger partial charge in [0.15, 0.2) is 6.61 Å². The van der Waals surface area contributed by atoms with Crippen molar-refractivity contribution in [1.82, 2.24) is 4.98 Å². The van der Waals surface area contributed by atoms with E-state index in [0.717, 1.165) is 23.0 Å². The molecule has 24 heavy (non-hydrogen) atoms. The summed E-state index contributed by atoms with van der Waals surface area (Å²) in [4.78, 5) is 14.9. The lowest BCUT2D eigenvalue weighted by Gasteiger charge is -2.11. The van der Waals surface area contributed by atoms with Crippen molar-refractivity contribution in [2.75, 3.05) is 11.9 Å². The molecule has 0 fully saturated rings. The molecule has 0 radical (unpaired) electrons. The van der Waals surface area contributed by atoms with Gasteiger partial charge in [-0.3, -0.25) is 4.79 Å². The van der Waals surface area contributed by atoms with Crippen LogP contribution in [0, 0.1) is 0 Å². The second-order valence-electron chi connectivity index (χ2n) is 5.11. The molecule has 124 valence electrons. The highest BCUT2D eigenvalue weighted by atomic mass is 19.4. The van der Waals surface area contributed by atoms with Gasteiger partial charge >= 0.3 is 6.18 Å². The van der Waals surface area contributed by atoms with E-state index in [2.05, 4.69) is 10.3 Å². The third-order valence-corrected chi connectivity index (χ3v) is 3.39. The number of alkyl halides is 3. The van der Waals surface area contributed by atoms with Crippen LogP contribution in [-0.4, -0.2) is 17.5 Å². The molecule has 0 saturated heterocycles. The van der Waals surface area contributed by atoms with Gasteiger partial charge in [-0.2, -0.15) is 13.2 Å². The van der Waals surface area contributed by atoms with Crippen molar-refractivity contribution in [2.45, 2.75) is 6.18 Å². The number of ether oxygens (including phenoxy) is 1. The Morgan fingerprint density at radius 2 is 1.92 bits per heavy atom. The van der Waals surface area contributed by atoms with Gasteiger partial charge < -0.3 is 15.0 Å². The van der Waals surface area contributed by atoms with Crippen molar-refractivity contribution in [2.24, 2.45) is 0 Å². The van der Waals surface area contributed by atoms with Gasteiger partial charge in [-0.15, -0.1) is 0 Å². The third-order valence-electron chi connectivity index (χ3n) is 3.39. The number of aromatic nitrogens is 1. The van der Waals surface area contributed by atoms with Gasteiger partial charge in [0.05, 0.1) is 5.56 Å². The predicted octanol–water partition coefficient (Wildman–Crippen LogP) is 4.20. The van der Waals surface area contributed by atoms with Gasteiger partial charge in [-0.1, -0.05) is 12.1 Å². The van der Waals surface area contributed by atoms with E-state index in [0.29, 0.717) is 5.75 Å². The van der Waals surface area contributed by atoms with E-state index in [1.807, 2.05) is 12.1 Å². The monoisotopic (exact) mass is 334 g/mol. The molecule has 0 spiro atoms. The Hall–Kier alpha value is -2.96. The zero-order valence-corrected chi connectivity index (χ0v) is 12.4. The molecule has 1 heterocycles. The van der Waals surface area contributed by atoms with Gasteiger partial charge in [0.1, 0.15) is 5.75 Å². The zero-order chi connectivity index (χ0) is 17.2. The van der Waals surface area contributed by atoms with E-state index in [9.17, 15) is 18.0 Å². The number of amides is 1. The van der Waals surface area contributed by atoms with Crippen LogP contribution in [0.1, 0.15) is 5.56 Å². The smallest absolute Gasteiger partial charge is 0.416 e. The molecule has 0 atom stereocenters. The van der Waals surface area contributed by atoms with E-state index in [-0.39, 0.29) is 12.3 Å². The summed E-state index contributed by atoms with van der Waals surface area (Å²) in [7, 11) is 0. The molecule has 0 aliphatic heterocycles. The fourth-order valence-corrected chi connectivity index (χ4v) is 2.30. The van der Waals surface area contributed by atoms with Crippen LogP contribution < -0.4 is 10.1 Å². The summed E-state index contributed by atoms with van der Waals surface area (Å²) in [5.41, 5.74) is 0.113. The van der Waals surface area contributed by atoms with Crippen molar-refractivity contribution < 1.29 is 22.7 Å². The maximum atomic E-state index is 12.7. The van der Waals surface area contributed by atoms with E-state index in [1.165, 1.54) is 12.1 Å². The number of carbonyl (C=O) groups excluding carboxylic acids is 1. The molecule has 0 bridgehead atoms. The average Bonchev–Trinajstić information content (AvgIpc) is 3.01. The Balaban J connectivity index is 1.65. The van der Waals surface area contributed by atoms with Crippen LogP contribution in [0.25, 0.3) is 10.9 Å². The van der Waals surface area contributed by atoms with Crippen LogP contribution in [0.5, 0.6) is 5.75 Å². The van der Waals surface area contributed by atoms with Crippen LogP contribution in [0.4, 0.5) is 18.9 Å². The second kappa shape index (κ2) is 6.27. The number of benzene rings is 2. The number of anilines is 1. The van der Waals surface area contributed by atoms with Gasteiger partial charge in [0.25, 0.3) is 5.91 Å². The summed E-state index contributed by atoms with van der Waals surface area (Å²) in [6.07, 6.45) is -2.71. The van der Waals surface area contributed by atoms with Crippen LogP contribution >= 0.6 is 0 Å². The van der Waals surface area contributed by atoms with E-state index < -0.39 is 17.6 Å². The maximum absolute atomic E-state index is 12.7. The summed E-state index contributed by atoms with van der Waals surface area (Å²) >= 11 is 0. The molecule has 7 heteroatoms. The highest BCUT2D eigenvalue weighted by Gasteiger charge is 2.30. The molecule has 2 N–H and O–H groups in total. The van der Waals surface area contributed by atoms with Gasteiger partial charge in [-0.25, -0.2) is 0 Å². The van der Waals surface area contributed by atoms with Crippen LogP contribution in [0.3, 0.4) is 0 Å². The van der Waals surface area contributed by atoms with Gasteiger partial charge in [0, 0.05) is 22.8 Å². The van der Waals surface area contributed by atoms with Crippen LogP contribution in [0.2, 0.25) is 0 Å². The second-order valence-corrected chi connectivity index (χ2v) is 5.11. The molecule has 3 aromatic rings. The van der Waals surface area contributed by atoms with Gasteiger partial charge in [-0.05, 0) is 36.4 Å². The fraction of sp³-hybridized carbons (Fsp3) is 0.118. The maximum Gasteiger partial charge on any atom is 0.416 e. The lowest BCUT2D eigenvalue weighted by atomic mass is 10.2. The largest absolute Gasteiger partial charge is 0.483 e. The first-order chi connectivity index (χ1) is 11.4. The lowest BCUT2D eigenvalue weighted by molar-refractivity contribution is -0.137. The third kappa shape index (κ3) is 3.51. The molecule has 0 unspecified atom stereocenters. The van der Waals surface area contributed by atoms with Crippen molar-refractivity contribution in [3.8, 4) is 5.75 Å². The quantitative estimate of drug-likeness (QED) is 0.751. The minimum atomic E-state index is -4.46. The normalized spacial score (nSPS) is 11.5. The van der Waals surface area contributed by atoms with E-state index >= 15 is 0 Å². The zero-order valence-electron chi connectivity index (χ0n) is 12.4. The summed E-state index contributed by atoms with van der Waals surface area (Å²) < 4.78 is 43.4. The molecular formula is C17H13F3N2O2. The Morgan fingerprint density at radius 1 is 1.12 bits per heavy atom. The Bertz CT molecular complexity index is 871. The number of fused-ring (bicyclic) bond motifs is 1. The first-order valence-electron chi connectivity index (χ1n) is 7.09. The Kier molecular flexibility index (Phi) is 4.16. The first-order valence-corrected chi connectivity index (χ1v) is 7.09. The van der Waals surface area contributed by atoms with Crippen molar-refractivity contribution in [3.63, 3.8) is 0 Å². The number of hydrogen-bond donors (Lipinski definition) is 2. The minimum Gasteiger partial charge on any atom is -0.483 e. The van der Waals surface area contributed by atoms with Crippen LogP contribution in [-0.2, 0) is 11.0 Å². The molecular weight excluding hydrogens is 321 g/mol. The lowest BCUT2D eigenvalue weighted by Crippen LogP contribution is -2.20. The van der Waals surface area contributed by atoms with Gasteiger partial charge in [0.2, 0.25) is 0 Å². The average molecular weight is 334 g/mol. The predicted molar refractivity (Wildman–Crippen MR) is 83.9 cm³/mol. The summed E-state index contributed by atoms with van der Waals surface area (Å²) in [5.74, 6) is -0.0187. The number of carbonyl (C=O) groups is 1. The SMILES string of the molecule is O=C(COc1cccc2[nH]ccc12)Nc1cccc(C(F)(F)F)c1. The topological polar surface area (TPSA) is 54.1 Å². The van der Waals surface area contributed by atoms with Crippen molar-refractivity contribution >= 4 is 22.5 Å². The highest BCUT2D eigenvalue weighted by Crippen LogP contribution is 2.30. The standard InChI is InChI=1S/C17H13F3N2O2/c18-17(19,20)11-3-1-4-12(9-11)22-16(23)10-24-15-6-2-5-14-13(15)7-8-21-14/h1-9,21H,10H2,(H,22,23).